The van der Waals surface area contributed by atoms with E-state index in [2.05, 4.69) is 44.7 Å². The molecule has 7 rings (SSSR count). The minimum atomic E-state index is 0.678. The van der Waals surface area contributed by atoms with Gasteiger partial charge in [-0.15, -0.1) is 10.2 Å². The Balaban J connectivity index is 1.24. The summed E-state index contributed by atoms with van der Waals surface area (Å²) in [7, 11) is 0. The van der Waals surface area contributed by atoms with Crippen LogP contribution in [0.3, 0.4) is 0 Å². The molecule has 0 saturated heterocycles. The summed E-state index contributed by atoms with van der Waals surface area (Å²) in [6.45, 7) is 3.92. The predicted molar refractivity (Wildman–Crippen MR) is 196 cm³/mol. The molecule has 0 saturated carbocycles. The number of benzene rings is 5. The number of rotatable bonds is 8. The third kappa shape index (κ3) is 6.95. The zero-order valence-corrected chi connectivity index (χ0v) is 27.9. The van der Waals surface area contributed by atoms with E-state index >= 15 is 0 Å². The Morgan fingerprint density at radius 3 is 1.15 bits per heavy atom. The standard InChI is InChI=1S/C38H30N8S2/c1-27(29-15-7-3-8-16-29)39-41-37-45(33-19-11-5-12-20-33)43-35(47-37)31-23-25-32(26-24-31)36-44-46(34-21-13-6-14-22-34)38(48-36)42-40-28(2)30-17-9-4-10-18-30/h3-26H,1-2H3/b39-27+,40-28+,41-37+,42-38+. The molecular formula is C38H30N8S2. The van der Waals surface area contributed by atoms with Gasteiger partial charge in [0.05, 0.1) is 22.8 Å². The summed E-state index contributed by atoms with van der Waals surface area (Å²) in [5.74, 6) is 0. The highest BCUT2D eigenvalue weighted by atomic mass is 32.1. The predicted octanol–water partition coefficient (Wildman–Crippen LogP) is 8.16. The lowest BCUT2D eigenvalue weighted by Gasteiger charge is -2.01. The van der Waals surface area contributed by atoms with E-state index in [1.54, 1.807) is 0 Å². The second-order valence-corrected chi connectivity index (χ2v) is 12.7. The van der Waals surface area contributed by atoms with Gasteiger partial charge in [0.25, 0.3) is 0 Å². The maximum absolute atomic E-state index is 4.95. The van der Waals surface area contributed by atoms with Crippen molar-refractivity contribution >= 4 is 34.1 Å². The Hall–Kier alpha value is -5.84. The van der Waals surface area contributed by atoms with E-state index in [0.29, 0.717) is 9.60 Å². The second kappa shape index (κ2) is 14.3. The van der Waals surface area contributed by atoms with E-state index in [0.717, 1.165) is 55.1 Å². The lowest BCUT2D eigenvalue weighted by molar-refractivity contribution is 0.823. The summed E-state index contributed by atoms with van der Waals surface area (Å²) < 4.78 is 3.68. The monoisotopic (exact) mass is 662 g/mol. The molecule has 48 heavy (non-hydrogen) atoms. The molecule has 0 unspecified atom stereocenters. The van der Waals surface area contributed by atoms with Gasteiger partial charge in [-0.25, -0.2) is 9.36 Å². The molecule has 7 aromatic rings. The SMILES string of the molecule is C/C(=N\N=c1\sc(-c2ccc(-c3nn(-c4ccccc4)/c(=N\N=C(/C)c4ccccc4)s3)cc2)nn1-c1ccccc1)c1ccccc1. The second-order valence-electron chi connectivity index (χ2n) is 10.8. The topological polar surface area (TPSA) is 85.1 Å². The molecule has 0 bridgehead atoms. The number of para-hydroxylation sites is 2. The number of aromatic nitrogens is 4. The maximum atomic E-state index is 4.95. The lowest BCUT2D eigenvalue weighted by atomic mass is 10.1. The first-order valence-electron chi connectivity index (χ1n) is 15.3. The van der Waals surface area contributed by atoms with Crippen molar-refractivity contribution < 1.29 is 0 Å². The van der Waals surface area contributed by atoms with Crippen LogP contribution in [0.4, 0.5) is 0 Å². The van der Waals surface area contributed by atoms with Crippen LogP contribution in [0.15, 0.2) is 166 Å². The van der Waals surface area contributed by atoms with Crippen molar-refractivity contribution in [3.63, 3.8) is 0 Å². The Morgan fingerprint density at radius 2 is 0.792 bits per heavy atom. The summed E-state index contributed by atoms with van der Waals surface area (Å²) in [6.07, 6.45) is 0. The van der Waals surface area contributed by atoms with Crippen molar-refractivity contribution in [2.75, 3.05) is 0 Å². The minimum Gasteiger partial charge on any atom is -0.203 e. The van der Waals surface area contributed by atoms with Crippen molar-refractivity contribution in [3.8, 4) is 32.5 Å². The molecule has 234 valence electrons. The summed E-state index contributed by atoms with van der Waals surface area (Å²) in [6, 6.07) is 48.3. The van der Waals surface area contributed by atoms with Crippen LogP contribution < -0.4 is 9.60 Å². The van der Waals surface area contributed by atoms with Crippen molar-refractivity contribution in [1.82, 2.24) is 19.6 Å². The zero-order chi connectivity index (χ0) is 32.7. The fraction of sp³-hybridized carbons (Fsp3) is 0.0526. The first-order chi connectivity index (χ1) is 23.6. The molecule has 0 amide bonds. The number of hydrogen-bond acceptors (Lipinski definition) is 8. The molecule has 0 atom stereocenters. The largest absolute Gasteiger partial charge is 0.233 e. The maximum Gasteiger partial charge on any atom is 0.233 e. The van der Waals surface area contributed by atoms with Gasteiger partial charge in [-0.1, -0.05) is 144 Å². The molecule has 0 spiro atoms. The Morgan fingerprint density at radius 1 is 0.458 bits per heavy atom. The summed E-state index contributed by atoms with van der Waals surface area (Å²) >= 11 is 2.98. The average molecular weight is 663 g/mol. The van der Waals surface area contributed by atoms with Crippen LogP contribution in [0.1, 0.15) is 25.0 Å². The zero-order valence-electron chi connectivity index (χ0n) is 26.3. The third-order valence-corrected chi connectivity index (χ3v) is 9.35. The quantitative estimate of drug-likeness (QED) is 0.122. The summed E-state index contributed by atoms with van der Waals surface area (Å²) in [4.78, 5) is 1.36. The first-order valence-corrected chi connectivity index (χ1v) is 16.9. The third-order valence-electron chi connectivity index (χ3n) is 7.45. The Kier molecular flexibility index (Phi) is 9.17. The lowest BCUT2D eigenvalue weighted by Crippen LogP contribution is -2.14. The van der Waals surface area contributed by atoms with Crippen molar-refractivity contribution in [3.05, 3.63) is 166 Å². The van der Waals surface area contributed by atoms with Gasteiger partial charge in [0.2, 0.25) is 9.60 Å². The van der Waals surface area contributed by atoms with Gasteiger partial charge in [-0.2, -0.15) is 20.4 Å². The van der Waals surface area contributed by atoms with E-state index in [-0.39, 0.29) is 0 Å². The molecule has 0 aliphatic carbocycles. The molecule has 5 aromatic carbocycles. The average Bonchev–Trinajstić information content (AvgIpc) is 3.79. The number of hydrogen-bond donors (Lipinski definition) is 0. The molecule has 10 heteroatoms. The minimum absolute atomic E-state index is 0.678. The van der Waals surface area contributed by atoms with E-state index in [9.17, 15) is 0 Å². The van der Waals surface area contributed by atoms with Gasteiger partial charge in [0.1, 0.15) is 10.0 Å². The van der Waals surface area contributed by atoms with Crippen molar-refractivity contribution in [1.29, 1.82) is 0 Å². The van der Waals surface area contributed by atoms with Crippen LogP contribution in [0.25, 0.3) is 32.5 Å². The van der Waals surface area contributed by atoms with Crippen LogP contribution >= 0.6 is 22.7 Å². The highest BCUT2D eigenvalue weighted by molar-refractivity contribution is 7.12. The Bertz CT molecular complexity index is 2170. The fourth-order valence-corrected chi connectivity index (χ4v) is 6.59. The van der Waals surface area contributed by atoms with E-state index in [1.807, 2.05) is 145 Å². The normalized spacial score (nSPS) is 12.9. The van der Waals surface area contributed by atoms with Gasteiger partial charge in [-0.3, -0.25) is 0 Å². The van der Waals surface area contributed by atoms with Crippen molar-refractivity contribution in [2.45, 2.75) is 13.8 Å². The molecule has 0 aliphatic heterocycles. The Labute approximate surface area is 285 Å². The van der Waals surface area contributed by atoms with Crippen LogP contribution in [0.2, 0.25) is 0 Å². The molecule has 8 nitrogen and oxygen atoms in total. The summed E-state index contributed by atoms with van der Waals surface area (Å²) in [5, 5.41) is 29.9. The molecule has 0 fully saturated rings. The smallest absolute Gasteiger partial charge is 0.203 e. The van der Waals surface area contributed by atoms with E-state index < -0.39 is 0 Å². The summed E-state index contributed by atoms with van der Waals surface area (Å²) in [5.41, 5.74) is 7.49. The van der Waals surface area contributed by atoms with Gasteiger partial charge >= 0.3 is 0 Å². The van der Waals surface area contributed by atoms with E-state index in [4.69, 9.17) is 10.2 Å². The number of nitrogens with zero attached hydrogens (tertiary/aromatic N) is 8. The molecule has 0 radical (unpaired) electrons. The van der Waals surface area contributed by atoms with Gasteiger partial charge < -0.3 is 0 Å². The highest BCUT2D eigenvalue weighted by Gasteiger charge is 2.13. The first kappa shape index (κ1) is 30.8. The van der Waals surface area contributed by atoms with Crippen LogP contribution in [-0.4, -0.2) is 31.0 Å². The van der Waals surface area contributed by atoms with Gasteiger partial charge in [-0.05, 0) is 49.2 Å². The van der Waals surface area contributed by atoms with Crippen LogP contribution in [-0.2, 0) is 0 Å². The van der Waals surface area contributed by atoms with E-state index in [1.165, 1.54) is 22.7 Å². The molecular weight excluding hydrogens is 633 g/mol. The molecule has 2 heterocycles. The fourth-order valence-electron chi connectivity index (χ4n) is 4.87. The van der Waals surface area contributed by atoms with Gasteiger partial charge in [0, 0.05) is 11.1 Å². The molecule has 0 N–H and O–H groups in total. The molecule has 2 aromatic heterocycles. The van der Waals surface area contributed by atoms with Crippen LogP contribution in [0, 0.1) is 0 Å². The van der Waals surface area contributed by atoms with Gasteiger partial charge in [0.15, 0.2) is 0 Å². The van der Waals surface area contributed by atoms with Crippen molar-refractivity contribution in [2.24, 2.45) is 20.4 Å². The van der Waals surface area contributed by atoms with Crippen LogP contribution in [0.5, 0.6) is 0 Å². The molecule has 0 aliphatic rings. The highest BCUT2D eigenvalue weighted by Crippen LogP contribution is 2.26.